The van der Waals surface area contributed by atoms with Gasteiger partial charge in [-0.3, -0.25) is 0 Å². The second-order valence-electron chi connectivity index (χ2n) is 6.98. The molecule has 0 heterocycles. The number of carbonyl (C=O) groups is 1. The molecule has 1 spiro atoms. The fraction of sp³-hybridized carbons (Fsp3) is 0.421. The largest absolute Gasteiger partial charge is 0.512 e. The van der Waals surface area contributed by atoms with Crippen LogP contribution in [0.2, 0.25) is 0 Å². The van der Waals surface area contributed by atoms with Crippen molar-refractivity contribution in [2.45, 2.75) is 44.8 Å². The molecule has 142 valence electrons. The summed E-state index contributed by atoms with van der Waals surface area (Å²) in [6.07, 6.45) is 12.4. The van der Waals surface area contributed by atoms with Gasteiger partial charge in [0.2, 0.25) is 10.0 Å². The molecule has 0 aromatic rings. The van der Waals surface area contributed by atoms with Crippen LogP contribution in [0, 0.1) is 5.41 Å². The number of carboxylic acids is 1. The Morgan fingerprint density at radius 1 is 1.27 bits per heavy atom. The summed E-state index contributed by atoms with van der Waals surface area (Å²) in [7, 11) is -3.63. The SMILES string of the molecule is CC(/C=C/C1=C(O)CCCC12CC2S(N)(=O)=O)=C\C=C\C(C)=C\C(=O)O. The molecule has 0 amide bonds. The van der Waals surface area contributed by atoms with E-state index >= 15 is 0 Å². The Balaban J connectivity index is 2.16. The highest BCUT2D eigenvalue weighted by atomic mass is 32.2. The molecule has 0 aliphatic heterocycles. The Morgan fingerprint density at radius 2 is 1.96 bits per heavy atom. The Kier molecular flexibility index (Phi) is 5.93. The van der Waals surface area contributed by atoms with Gasteiger partial charge in [0.15, 0.2) is 0 Å². The third-order valence-corrected chi connectivity index (χ3v) is 6.28. The van der Waals surface area contributed by atoms with E-state index in [1.807, 2.05) is 19.1 Å². The van der Waals surface area contributed by atoms with Crippen LogP contribution in [0.5, 0.6) is 0 Å². The Hall–Kier alpha value is -2.12. The second kappa shape index (κ2) is 7.63. The summed E-state index contributed by atoms with van der Waals surface area (Å²) in [5.41, 5.74) is 1.62. The van der Waals surface area contributed by atoms with Gasteiger partial charge in [0, 0.05) is 17.9 Å². The van der Waals surface area contributed by atoms with Crippen molar-refractivity contribution >= 4 is 16.0 Å². The topological polar surface area (TPSA) is 118 Å². The van der Waals surface area contributed by atoms with E-state index in [4.69, 9.17) is 10.2 Å². The maximum absolute atomic E-state index is 11.7. The lowest BCUT2D eigenvalue weighted by Gasteiger charge is -2.25. The van der Waals surface area contributed by atoms with Crippen LogP contribution in [0.3, 0.4) is 0 Å². The quantitative estimate of drug-likeness (QED) is 0.484. The number of aliphatic hydroxyl groups excluding tert-OH is 1. The average Bonchev–Trinajstić information content (AvgIpc) is 3.21. The zero-order valence-corrected chi connectivity index (χ0v) is 15.8. The highest BCUT2D eigenvalue weighted by Crippen LogP contribution is 2.61. The smallest absolute Gasteiger partial charge is 0.328 e. The van der Waals surface area contributed by atoms with Crippen LogP contribution < -0.4 is 5.14 Å². The molecule has 7 heteroatoms. The van der Waals surface area contributed by atoms with Crippen LogP contribution in [0.1, 0.15) is 39.5 Å². The van der Waals surface area contributed by atoms with Crippen LogP contribution >= 0.6 is 0 Å². The highest BCUT2D eigenvalue weighted by molar-refractivity contribution is 7.90. The first-order valence-corrected chi connectivity index (χ1v) is 10.1. The molecule has 26 heavy (non-hydrogen) atoms. The Labute approximate surface area is 154 Å². The summed E-state index contributed by atoms with van der Waals surface area (Å²) in [4.78, 5) is 10.6. The van der Waals surface area contributed by atoms with E-state index in [0.717, 1.165) is 18.1 Å². The van der Waals surface area contributed by atoms with E-state index in [2.05, 4.69) is 0 Å². The van der Waals surface area contributed by atoms with Crippen molar-refractivity contribution in [3.8, 4) is 0 Å². The molecule has 0 radical (unpaired) electrons. The summed E-state index contributed by atoms with van der Waals surface area (Å²) in [5.74, 6) is -0.756. The lowest BCUT2D eigenvalue weighted by atomic mass is 9.83. The number of hydrogen-bond donors (Lipinski definition) is 3. The number of aliphatic hydroxyl groups is 1. The average molecular weight is 379 g/mol. The second-order valence-corrected chi connectivity index (χ2v) is 8.73. The summed E-state index contributed by atoms with van der Waals surface area (Å²) < 4.78 is 23.4. The number of allylic oxidation sites excluding steroid dienone is 9. The number of primary sulfonamides is 1. The molecule has 0 aromatic carbocycles. The van der Waals surface area contributed by atoms with Crippen molar-refractivity contribution in [2.24, 2.45) is 10.6 Å². The van der Waals surface area contributed by atoms with Crippen LogP contribution in [-0.4, -0.2) is 29.9 Å². The van der Waals surface area contributed by atoms with Gasteiger partial charge in [-0.15, -0.1) is 0 Å². The van der Waals surface area contributed by atoms with E-state index in [0.29, 0.717) is 30.4 Å². The predicted octanol–water partition coefficient (Wildman–Crippen LogP) is 3.12. The summed E-state index contributed by atoms with van der Waals surface area (Å²) in [6.45, 7) is 3.56. The van der Waals surface area contributed by atoms with E-state index in [1.54, 1.807) is 25.2 Å². The molecule has 0 aromatic heterocycles. The minimum absolute atomic E-state index is 0.238. The van der Waals surface area contributed by atoms with Gasteiger partial charge in [-0.25, -0.2) is 18.4 Å². The first-order chi connectivity index (χ1) is 12.1. The lowest BCUT2D eigenvalue weighted by Crippen LogP contribution is -2.26. The third-order valence-electron chi connectivity index (χ3n) is 4.87. The molecule has 2 rings (SSSR count). The van der Waals surface area contributed by atoms with Crippen molar-refractivity contribution < 1.29 is 23.4 Å². The van der Waals surface area contributed by atoms with Gasteiger partial charge in [-0.05, 0) is 44.3 Å². The van der Waals surface area contributed by atoms with Crippen LogP contribution in [-0.2, 0) is 14.8 Å². The predicted molar refractivity (Wildman–Crippen MR) is 101 cm³/mol. The van der Waals surface area contributed by atoms with Crippen molar-refractivity contribution in [1.82, 2.24) is 0 Å². The number of carboxylic acid groups (broad SMARTS) is 1. The molecule has 0 bridgehead atoms. The molecular formula is C19H25NO5S. The lowest BCUT2D eigenvalue weighted by molar-refractivity contribution is -0.131. The molecule has 1 fully saturated rings. The molecule has 1 saturated carbocycles. The monoisotopic (exact) mass is 379 g/mol. The molecule has 2 aliphatic carbocycles. The first kappa shape index (κ1) is 20.2. The Morgan fingerprint density at radius 3 is 2.54 bits per heavy atom. The van der Waals surface area contributed by atoms with Gasteiger partial charge in [0.05, 0.1) is 11.0 Å². The standard InChI is InChI=1S/C19H25NO5S/c1-13(5-3-6-14(2)11-18(22)23)8-9-15-16(21)7-4-10-19(15)12-17(19)26(20,24)25/h3,5-6,8-9,11,17,21H,4,7,10,12H2,1-2H3,(H,22,23)(H2,20,24,25)/b6-3+,9-8+,13-5+,14-11+. The molecule has 2 aliphatic rings. The van der Waals surface area contributed by atoms with Crippen LogP contribution in [0.4, 0.5) is 0 Å². The van der Waals surface area contributed by atoms with Crippen LogP contribution in [0.15, 0.2) is 58.9 Å². The van der Waals surface area contributed by atoms with Gasteiger partial charge in [-0.2, -0.15) is 0 Å². The van der Waals surface area contributed by atoms with E-state index in [9.17, 15) is 18.3 Å². The maximum atomic E-state index is 11.7. The minimum atomic E-state index is -3.63. The van der Waals surface area contributed by atoms with Crippen molar-refractivity contribution in [3.63, 3.8) is 0 Å². The Bertz CT molecular complexity index is 845. The van der Waals surface area contributed by atoms with Gasteiger partial charge in [0.25, 0.3) is 0 Å². The number of sulfonamides is 1. The van der Waals surface area contributed by atoms with Crippen molar-refractivity contribution in [1.29, 1.82) is 0 Å². The van der Waals surface area contributed by atoms with E-state index in [1.165, 1.54) is 0 Å². The van der Waals surface area contributed by atoms with Crippen molar-refractivity contribution in [2.75, 3.05) is 0 Å². The molecule has 2 unspecified atom stereocenters. The maximum Gasteiger partial charge on any atom is 0.328 e. The third kappa shape index (κ3) is 4.74. The molecule has 6 nitrogen and oxygen atoms in total. The zero-order chi connectivity index (χ0) is 19.5. The molecule has 2 atom stereocenters. The van der Waals surface area contributed by atoms with Gasteiger partial charge in [0.1, 0.15) is 0 Å². The molecular weight excluding hydrogens is 354 g/mol. The molecule has 4 N–H and O–H groups in total. The van der Waals surface area contributed by atoms with E-state index < -0.39 is 26.7 Å². The summed E-state index contributed by atoms with van der Waals surface area (Å²) in [6, 6.07) is 0. The summed E-state index contributed by atoms with van der Waals surface area (Å²) in [5, 5.41) is 23.6. The number of nitrogens with two attached hydrogens (primary N) is 1. The summed E-state index contributed by atoms with van der Waals surface area (Å²) >= 11 is 0. The fourth-order valence-electron chi connectivity index (χ4n) is 3.50. The molecule has 0 saturated heterocycles. The zero-order valence-electron chi connectivity index (χ0n) is 15.0. The highest BCUT2D eigenvalue weighted by Gasteiger charge is 2.62. The van der Waals surface area contributed by atoms with Gasteiger partial charge < -0.3 is 10.2 Å². The minimum Gasteiger partial charge on any atom is -0.512 e. The number of rotatable bonds is 6. The van der Waals surface area contributed by atoms with E-state index in [-0.39, 0.29) is 5.76 Å². The fourth-order valence-corrected chi connectivity index (χ4v) is 4.91. The first-order valence-electron chi connectivity index (χ1n) is 8.45. The normalized spacial score (nSPS) is 27.7. The number of aliphatic carboxylic acids is 1. The van der Waals surface area contributed by atoms with Crippen LogP contribution in [0.25, 0.3) is 0 Å². The number of hydrogen-bond acceptors (Lipinski definition) is 4. The van der Waals surface area contributed by atoms with Gasteiger partial charge in [-0.1, -0.05) is 36.0 Å². The van der Waals surface area contributed by atoms with Crippen molar-refractivity contribution in [3.05, 3.63) is 58.9 Å². The van der Waals surface area contributed by atoms with Gasteiger partial charge >= 0.3 is 5.97 Å².